The van der Waals surface area contributed by atoms with Crippen molar-refractivity contribution in [2.45, 2.75) is 6.42 Å². The van der Waals surface area contributed by atoms with E-state index in [9.17, 15) is 9.59 Å². The summed E-state index contributed by atoms with van der Waals surface area (Å²) in [5.74, 6) is 1.32. The van der Waals surface area contributed by atoms with E-state index in [0.29, 0.717) is 34.7 Å². The van der Waals surface area contributed by atoms with Crippen LogP contribution in [0.1, 0.15) is 16.8 Å². The lowest BCUT2D eigenvalue weighted by Gasteiger charge is -2.32. The second kappa shape index (κ2) is 14.6. The number of benzene rings is 3. The van der Waals surface area contributed by atoms with E-state index >= 15 is 0 Å². The fraction of sp³-hybridized carbons (Fsp3) is 0.303. The number of anilines is 4. The van der Waals surface area contributed by atoms with E-state index in [4.69, 9.17) is 14.2 Å². The zero-order valence-corrected chi connectivity index (χ0v) is 27.2. The van der Waals surface area contributed by atoms with Gasteiger partial charge in [0.15, 0.2) is 16.6 Å². The topological polar surface area (TPSA) is 143 Å². The molecule has 14 heteroatoms. The van der Waals surface area contributed by atoms with Gasteiger partial charge >= 0.3 is 12.0 Å². The van der Waals surface area contributed by atoms with Crippen molar-refractivity contribution >= 4 is 66.8 Å². The first-order chi connectivity index (χ1) is 22.9. The Kier molecular flexibility index (Phi) is 9.90. The third kappa shape index (κ3) is 7.68. The van der Waals surface area contributed by atoms with Crippen LogP contribution < -0.4 is 25.4 Å². The number of esters is 1. The Hall–Kier alpha value is -5.05. The summed E-state index contributed by atoms with van der Waals surface area (Å²) >= 11 is 1.32. The summed E-state index contributed by atoms with van der Waals surface area (Å²) in [6.07, 6.45) is 2.44. The van der Waals surface area contributed by atoms with Gasteiger partial charge in [-0.2, -0.15) is 0 Å². The highest BCUT2D eigenvalue weighted by molar-refractivity contribution is 7.22. The number of nitrogens with one attached hydrogen (secondary N) is 3. The Bertz CT molecular complexity index is 1890. The van der Waals surface area contributed by atoms with Crippen molar-refractivity contribution in [1.29, 1.82) is 0 Å². The maximum Gasteiger partial charge on any atom is 0.339 e. The Labute approximate surface area is 275 Å². The fourth-order valence-electron chi connectivity index (χ4n) is 5.30. The standard InChI is InChI=1S/C33H36N8O5S/c1-40-12-14-41(15-13-40)11-6-16-46-28-19-26-23(18-27(28)44-2)30(35-20-34-26)36-21-9-10-25-29(17-21)47-33(38-25)39-32(43)37-24-8-5-4-7-22(24)31(42)45-3/h4-5,7-10,17-20H,6,11-16H2,1-3H3,(H,34,35,36)(H2,37,38,39,43). The van der Waals surface area contributed by atoms with Crippen molar-refractivity contribution in [3.63, 3.8) is 0 Å². The summed E-state index contributed by atoms with van der Waals surface area (Å²) in [6.45, 7) is 5.95. The average molecular weight is 657 g/mol. The van der Waals surface area contributed by atoms with E-state index in [2.05, 4.69) is 47.7 Å². The summed E-state index contributed by atoms with van der Waals surface area (Å²) < 4.78 is 17.5. The summed E-state index contributed by atoms with van der Waals surface area (Å²) in [7, 11) is 5.07. The molecular formula is C33H36N8O5S. The number of amides is 2. The number of piperazine rings is 1. The van der Waals surface area contributed by atoms with E-state index in [1.165, 1.54) is 24.8 Å². The van der Waals surface area contributed by atoms with Crippen LogP contribution in [0.25, 0.3) is 21.1 Å². The molecule has 1 aliphatic rings. The molecule has 3 N–H and O–H groups in total. The molecule has 0 spiro atoms. The van der Waals surface area contributed by atoms with Gasteiger partial charge in [0.05, 0.1) is 47.8 Å². The Morgan fingerprint density at radius 2 is 1.77 bits per heavy atom. The van der Waals surface area contributed by atoms with Gasteiger partial charge in [-0.3, -0.25) is 5.32 Å². The van der Waals surface area contributed by atoms with Crippen molar-refractivity contribution in [3.8, 4) is 11.5 Å². The molecule has 0 atom stereocenters. The predicted octanol–water partition coefficient (Wildman–Crippen LogP) is 5.44. The van der Waals surface area contributed by atoms with Crippen LogP contribution in [-0.2, 0) is 4.74 Å². The molecule has 0 saturated carbocycles. The third-order valence-corrected chi connectivity index (χ3v) is 8.78. The Balaban J connectivity index is 1.12. The van der Waals surface area contributed by atoms with Crippen LogP contribution in [0.15, 0.2) is 60.9 Å². The number of fused-ring (bicyclic) bond motifs is 2. The smallest absolute Gasteiger partial charge is 0.339 e. The molecular weight excluding hydrogens is 620 g/mol. The van der Waals surface area contributed by atoms with Crippen molar-refractivity contribution in [2.24, 2.45) is 0 Å². The summed E-state index contributed by atoms with van der Waals surface area (Å²) in [4.78, 5) is 43.1. The van der Waals surface area contributed by atoms with Crippen molar-refractivity contribution in [1.82, 2.24) is 24.8 Å². The quantitative estimate of drug-likeness (QED) is 0.124. The molecule has 47 heavy (non-hydrogen) atoms. The second-order valence-electron chi connectivity index (χ2n) is 11.0. The molecule has 0 bridgehead atoms. The van der Waals surface area contributed by atoms with E-state index < -0.39 is 12.0 Å². The van der Waals surface area contributed by atoms with Gasteiger partial charge in [0, 0.05) is 49.9 Å². The van der Waals surface area contributed by atoms with Gasteiger partial charge in [-0.05, 0) is 49.9 Å². The number of hydrogen-bond donors (Lipinski definition) is 3. The Morgan fingerprint density at radius 1 is 0.936 bits per heavy atom. The van der Waals surface area contributed by atoms with E-state index in [0.717, 1.165) is 66.0 Å². The lowest BCUT2D eigenvalue weighted by Crippen LogP contribution is -2.44. The van der Waals surface area contributed by atoms with Crippen molar-refractivity contribution in [3.05, 3.63) is 66.5 Å². The molecule has 0 aliphatic carbocycles. The normalized spacial score (nSPS) is 13.8. The highest BCUT2D eigenvalue weighted by Crippen LogP contribution is 2.36. The van der Waals surface area contributed by atoms with Crippen LogP contribution in [0, 0.1) is 0 Å². The number of methoxy groups -OCH3 is 2. The molecule has 5 aromatic rings. The number of carbonyl (C=O) groups excluding carboxylic acids is 2. The first-order valence-electron chi connectivity index (χ1n) is 15.2. The predicted molar refractivity (Wildman–Crippen MR) is 183 cm³/mol. The van der Waals surface area contributed by atoms with Gasteiger partial charge < -0.3 is 34.6 Å². The number of aromatic nitrogens is 3. The molecule has 0 radical (unpaired) electrons. The Morgan fingerprint density at radius 3 is 2.57 bits per heavy atom. The van der Waals surface area contributed by atoms with Crippen molar-refractivity contribution < 1.29 is 23.8 Å². The number of hydrogen-bond acceptors (Lipinski definition) is 12. The maximum absolute atomic E-state index is 12.7. The van der Waals surface area contributed by atoms with Gasteiger partial charge in [-0.1, -0.05) is 23.5 Å². The minimum absolute atomic E-state index is 0.250. The zero-order valence-electron chi connectivity index (χ0n) is 26.4. The molecule has 244 valence electrons. The van der Waals surface area contributed by atoms with Crippen LogP contribution >= 0.6 is 11.3 Å². The van der Waals surface area contributed by atoms with Crippen LogP contribution in [0.4, 0.5) is 27.1 Å². The number of urea groups is 1. The second-order valence-corrected chi connectivity index (χ2v) is 12.1. The summed E-state index contributed by atoms with van der Waals surface area (Å²) in [6, 6.07) is 15.5. The molecule has 6 rings (SSSR count). The number of rotatable bonds is 11. The van der Waals surface area contributed by atoms with Crippen LogP contribution in [0.5, 0.6) is 11.5 Å². The molecule has 3 heterocycles. The number of ether oxygens (including phenoxy) is 3. The van der Waals surface area contributed by atoms with Gasteiger partial charge in [-0.25, -0.2) is 24.5 Å². The van der Waals surface area contributed by atoms with Gasteiger partial charge in [0.2, 0.25) is 0 Å². The number of likely N-dealkylation sites (N-methyl/N-ethyl adjacent to an activating group) is 1. The first-order valence-corrected chi connectivity index (χ1v) is 16.0. The zero-order chi connectivity index (χ0) is 32.8. The first kappa shape index (κ1) is 31.9. The highest BCUT2D eigenvalue weighted by atomic mass is 32.1. The SMILES string of the molecule is COC(=O)c1ccccc1NC(=O)Nc1nc2ccc(Nc3ncnc4cc(OCCCN5CCN(C)CC5)c(OC)cc34)cc2s1. The molecule has 1 aliphatic heterocycles. The lowest BCUT2D eigenvalue weighted by molar-refractivity contribution is 0.0602. The maximum atomic E-state index is 12.7. The monoisotopic (exact) mass is 656 g/mol. The fourth-order valence-corrected chi connectivity index (χ4v) is 6.20. The molecule has 2 amide bonds. The molecule has 3 aromatic carbocycles. The molecule has 1 saturated heterocycles. The van der Waals surface area contributed by atoms with E-state index in [1.807, 2.05) is 30.3 Å². The summed E-state index contributed by atoms with van der Waals surface area (Å²) in [5.41, 5.74) is 2.81. The van der Waals surface area contributed by atoms with Gasteiger partial charge in [0.1, 0.15) is 12.1 Å². The number of thiazole rings is 1. The number of para-hydroxylation sites is 1. The molecule has 2 aromatic heterocycles. The minimum Gasteiger partial charge on any atom is -0.493 e. The number of carbonyl (C=O) groups is 2. The molecule has 1 fully saturated rings. The van der Waals surface area contributed by atoms with Crippen molar-refractivity contribution in [2.75, 3.05) is 76.5 Å². The van der Waals surface area contributed by atoms with E-state index in [1.54, 1.807) is 31.4 Å². The minimum atomic E-state index is -0.545. The van der Waals surface area contributed by atoms with Crippen LogP contribution in [0.2, 0.25) is 0 Å². The van der Waals surface area contributed by atoms with Crippen LogP contribution in [0.3, 0.4) is 0 Å². The molecule has 0 unspecified atom stereocenters. The average Bonchev–Trinajstić information content (AvgIpc) is 3.48. The third-order valence-electron chi connectivity index (χ3n) is 7.85. The summed E-state index contributed by atoms with van der Waals surface area (Å²) in [5, 5.41) is 10.0. The highest BCUT2D eigenvalue weighted by Gasteiger charge is 2.17. The van der Waals surface area contributed by atoms with Gasteiger partial charge in [0.25, 0.3) is 0 Å². The van der Waals surface area contributed by atoms with Crippen LogP contribution in [-0.4, -0.2) is 97.4 Å². The molecule has 13 nitrogen and oxygen atoms in total. The number of nitrogens with zero attached hydrogens (tertiary/aromatic N) is 5. The van der Waals surface area contributed by atoms with Gasteiger partial charge in [-0.15, -0.1) is 0 Å². The largest absolute Gasteiger partial charge is 0.493 e. The lowest BCUT2D eigenvalue weighted by atomic mass is 10.2. The van der Waals surface area contributed by atoms with E-state index in [-0.39, 0.29) is 5.56 Å².